The van der Waals surface area contributed by atoms with Gasteiger partial charge in [0.25, 0.3) is 11.7 Å². The van der Waals surface area contributed by atoms with Gasteiger partial charge >= 0.3 is 11.9 Å². The lowest BCUT2D eigenvalue weighted by atomic mass is 10.4. The summed E-state index contributed by atoms with van der Waals surface area (Å²) in [5.41, 5.74) is 0. The molecule has 0 unspecified atom stereocenters. The molecule has 0 aliphatic rings. The predicted octanol–water partition coefficient (Wildman–Crippen LogP) is 0.483. The van der Waals surface area contributed by atoms with Crippen LogP contribution in [0.3, 0.4) is 0 Å². The fourth-order valence-corrected chi connectivity index (χ4v) is 0.358. The number of carbonyl (C=O) groups excluding carboxylic acids is 2. The minimum Gasteiger partial charge on any atom is -0.464 e. The quantitative estimate of drug-likeness (QED) is 0.458. The number of halogens is 2. The molecule has 0 aliphatic heterocycles. The number of hydrogen-bond acceptors (Lipinski definition) is 4. The van der Waals surface area contributed by atoms with Gasteiger partial charge in [0.2, 0.25) is 0 Å². The molecule has 0 saturated carbocycles. The van der Waals surface area contributed by atoms with Crippen LogP contribution in [0.15, 0.2) is 11.7 Å². The van der Waals surface area contributed by atoms with Crippen molar-refractivity contribution in [2.45, 2.75) is 0 Å². The van der Waals surface area contributed by atoms with E-state index in [-0.39, 0.29) is 0 Å². The third-order valence-electron chi connectivity index (χ3n) is 0.922. The van der Waals surface area contributed by atoms with Crippen LogP contribution in [0.4, 0.5) is 8.78 Å². The minimum absolute atomic E-state index is 0.854. The Balaban J connectivity index is 4.68. The van der Waals surface area contributed by atoms with Crippen molar-refractivity contribution in [1.82, 2.24) is 0 Å². The summed E-state index contributed by atoms with van der Waals surface area (Å²) in [6, 6.07) is 0. The maximum absolute atomic E-state index is 12.4. The van der Waals surface area contributed by atoms with Crippen molar-refractivity contribution in [3.8, 4) is 0 Å². The Bertz CT molecular complexity index is 210. The van der Waals surface area contributed by atoms with Crippen molar-refractivity contribution in [3.05, 3.63) is 11.7 Å². The van der Waals surface area contributed by atoms with Gasteiger partial charge in [0, 0.05) is 0 Å². The van der Waals surface area contributed by atoms with Gasteiger partial charge in [-0.3, -0.25) is 0 Å². The van der Waals surface area contributed by atoms with Gasteiger partial charge in [-0.2, -0.15) is 8.78 Å². The Morgan fingerprint density at radius 2 is 1.17 bits per heavy atom. The molecule has 0 heterocycles. The first-order chi connectivity index (χ1) is 5.54. The summed E-state index contributed by atoms with van der Waals surface area (Å²) >= 11 is 0. The van der Waals surface area contributed by atoms with E-state index in [0.29, 0.717) is 0 Å². The first kappa shape index (κ1) is 10.5. The molecule has 0 aliphatic carbocycles. The van der Waals surface area contributed by atoms with Crippen molar-refractivity contribution in [2.75, 3.05) is 14.2 Å². The van der Waals surface area contributed by atoms with E-state index in [9.17, 15) is 18.4 Å². The highest BCUT2D eigenvalue weighted by Crippen LogP contribution is 2.10. The fraction of sp³-hybridized carbons (Fsp3) is 0.333. The second-order valence-electron chi connectivity index (χ2n) is 1.61. The van der Waals surface area contributed by atoms with Crippen LogP contribution in [0, 0.1) is 0 Å². The van der Waals surface area contributed by atoms with Gasteiger partial charge in [-0.15, -0.1) is 0 Å². The monoisotopic (exact) mass is 180 g/mol. The average molecular weight is 180 g/mol. The minimum atomic E-state index is -1.90. The number of methoxy groups -OCH3 is 2. The van der Waals surface area contributed by atoms with Crippen molar-refractivity contribution in [1.29, 1.82) is 0 Å². The molecule has 0 amide bonds. The largest absolute Gasteiger partial charge is 0.464 e. The van der Waals surface area contributed by atoms with Crippen molar-refractivity contribution in [3.63, 3.8) is 0 Å². The SMILES string of the molecule is COC(=O)C(F)=C(F)C(=O)OC. The molecular formula is C6H6F2O4. The molecule has 4 nitrogen and oxygen atoms in total. The zero-order chi connectivity index (χ0) is 9.72. The Kier molecular flexibility index (Phi) is 3.89. The predicted molar refractivity (Wildman–Crippen MR) is 33.3 cm³/mol. The highest BCUT2D eigenvalue weighted by Gasteiger charge is 2.22. The van der Waals surface area contributed by atoms with Crippen molar-refractivity contribution >= 4 is 11.9 Å². The number of ether oxygens (including phenoxy) is 2. The normalized spacial score (nSPS) is 11.7. The molecule has 68 valence electrons. The Hall–Kier alpha value is -1.46. The lowest BCUT2D eigenvalue weighted by Crippen LogP contribution is -2.09. The smallest absolute Gasteiger partial charge is 0.370 e. The van der Waals surface area contributed by atoms with Crippen LogP contribution in [-0.4, -0.2) is 26.2 Å². The van der Waals surface area contributed by atoms with E-state index in [1.54, 1.807) is 0 Å². The second kappa shape index (κ2) is 4.42. The lowest BCUT2D eigenvalue weighted by molar-refractivity contribution is -0.141. The highest BCUT2D eigenvalue weighted by atomic mass is 19.2. The molecule has 0 aromatic heterocycles. The number of rotatable bonds is 2. The van der Waals surface area contributed by atoms with Crippen LogP contribution >= 0.6 is 0 Å². The molecule has 12 heavy (non-hydrogen) atoms. The number of carbonyl (C=O) groups is 2. The molecule has 0 fully saturated rings. The molecule has 0 saturated heterocycles. The first-order valence-corrected chi connectivity index (χ1v) is 2.76. The van der Waals surface area contributed by atoms with Gasteiger partial charge in [0.05, 0.1) is 14.2 Å². The average Bonchev–Trinajstić information content (AvgIpc) is 2.12. The van der Waals surface area contributed by atoms with Crippen LogP contribution in [0.2, 0.25) is 0 Å². The van der Waals surface area contributed by atoms with Gasteiger partial charge in [0.15, 0.2) is 0 Å². The highest BCUT2D eigenvalue weighted by molar-refractivity contribution is 5.96. The van der Waals surface area contributed by atoms with Gasteiger partial charge in [-0.1, -0.05) is 0 Å². The van der Waals surface area contributed by atoms with Crippen LogP contribution in [-0.2, 0) is 19.1 Å². The van der Waals surface area contributed by atoms with Crippen LogP contribution in [0.25, 0.3) is 0 Å². The van der Waals surface area contributed by atoms with E-state index >= 15 is 0 Å². The maximum atomic E-state index is 12.4. The van der Waals surface area contributed by atoms with E-state index in [1.165, 1.54) is 0 Å². The fourth-order valence-electron chi connectivity index (χ4n) is 0.358. The third kappa shape index (κ3) is 2.30. The van der Waals surface area contributed by atoms with E-state index < -0.39 is 23.6 Å². The molecular weight excluding hydrogens is 174 g/mol. The standard InChI is InChI=1S/C6H6F2O4/c1-11-5(9)3(7)4(8)6(10)12-2/h1-2H3. The molecule has 6 heteroatoms. The van der Waals surface area contributed by atoms with Gasteiger partial charge in [-0.05, 0) is 0 Å². The van der Waals surface area contributed by atoms with Crippen LogP contribution in [0.1, 0.15) is 0 Å². The zero-order valence-corrected chi connectivity index (χ0v) is 6.39. The summed E-state index contributed by atoms with van der Waals surface area (Å²) in [4.78, 5) is 20.5. The summed E-state index contributed by atoms with van der Waals surface area (Å²) in [5, 5.41) is 0. The lowest BCUT2D eigenvalue weighted by Gasteiger charge is -1.96. The van der Waals surface area contributed by atoms with Gasteiger partial charge in [0.1, 0.15) is 0 Å². The number of hydrogen-bond donors (Lipinski definition) is 0. The summed E-state index contributed by atoms with van der Waals surface area (Å²) in [5.74, 6) is -6.91. The van der Waals surface area contributed by atoms with Crippen molar-refractivity contribution in [2.24, 2.45) is 0 Å². The summed E-state index contributed by atoms with van der Waals surface area (Å²) in [7, 11) is 1.71. The molecule has 0 rings (SSSR count). The second-order valence-corrected chi connectivity index (χ2v) is 1.61. The topological polar surface area (TPSA) is 52.6 Å². The van der Waals surface area contributed by atoms with E-state index in [1.807, 2.05) is 0 Å². The Labute approximate surface area is 66.8 Å². The van der Waals surface area contributed by atoms with Gasteiger partial charge in [-0.25, -0.2) is 9.59 Å². The first-order valence-electron chi connectivity index (χ1n) is 2.76. The van der Waals surface area contributed by atoms with E-state index in [4.69, 9.17) is 0 Å². The molecule has 0 bridgehead atoms. The van der Waals surface area contributed by atoms with E-state index in [0.717, 1.165) is 14.2 Å². The molecule has 0 atom stereocenters. The summed E-state index contributed by atoms with van der Waals surface area (Å²) < 4.78 is 32.3. The molecule has 0 radical (unpaired) electrons. The molecule has 0 aromatic carbocycles. The third-order valence-corrected chi connectivity index (χ3v) is 0.922. The molecule has 0 aromatic rings. The molecule has 0 N–H and O–H groups in total. The Morgan fingerprint density at radius 3 is 1.33 bits per heavy atom. The maximum Gasteiger partial charge on any atom is 0.370 e. The van der Waals surface area contributed by atoms with Crippen LogP contribution < -0.4 is 0 Å². The number of esters is 2. The van der Waals surface area contributed by atoms with Crippen LogP contribution in [0.5, 0.6) is 0 Å². The van der Waals surface area contributed by atoms with E-state index in [2.05, 4.69) is 9.47 Å². The molecule has 0 spiro atoms. The summed E-state index contributed by atoms with van der Waals surface area (Å²) in [6.45, 7) is 0. The van der Waals surface area contributed by atoms with Gasteiger partial charge < -0.3 is 9.47 Å². The zero-order valence-electron chi connectivity index (χ0n) is 6.39. The van der Waals surface area contributed by atoms with Crippen molar-refractivity contribution < 1.29 is 27.8 Å². The summed E-state index contributed by atoms with van der Waals surface area (Å²) in [6.07, 6.45) is 0. The Morgan fingerprint density at radius 1 is 0.917 bits per heavy atom.